The van der Waals surface area contributed by atoms with Gasteiger partial charge in [0.15, 0.2) is 0 Å². The molecule has 10 heteroatoms. The van der Waals surface area contributed by atoms with Crippen molar-refractivity contribution >= 4 is 23.8 Å². The second-order valence-electron chi connectivity index (χ2n) is 5.07. The van der Waals surface area contributed by atoms with Crippen LogP contribution in [0.3, 0.4) is 0 Å². The minimum atomic E-state index is -1.34. The summed E-state index contributed by atoms with van der Waals surface area (Å²) in [4.78, 5) is 45.8. The van der Waals surface area contributed by atoms with E-state index in [1.165, 1.54) is 43.4 Å². The average molecular weight is 558 g/mol. The van der Waals surface area contributed by atoms with E-state index in [1.807, 2.05) is 0 Å². The maximum absolute atomic E-state index is 11.7. The number of primary amides is 1. The molecule has 2 aromatic rings. The van der Waals surface area contributed by atoms with Gasteiger partial charge in [-0.15, -0.1) is 0 Å². The number of carboxylic acids is 2. The van der Waals surface area contributed by atoms with Gasteiger partial charge >= 0.3 is 11.9 Å². The van der Waals surface area contributed by atoms with Crippen molar-refractivity contribution in [1.29, 1.82) is 0 Å². The second-order valence-corrected chi connectivity index (χ2v) is 5.07. The number of nitrogens with two attached hydrogens (primary N) is 1. The molecule has 0 saturated heterocycles. The maximum Gasteiger partial charge on any atom is 0.336 e. The van der Waals surface area contributed by atoms with Crippen molar-refractivity contribution in [1.82, 2.24) is 5.32 Å². The molecule has 0 aliphatic rings. The third-order valence-corrected chi connectivity index (χ3v) is 3.57. The molecule has 8 nitrogen and oxygen atoms in total. The molecule has 0 atom stereocenters. The first-order valence-electron chi connectivity index (χ1n) is 7.03. The van der Waals surface area contributed by atoms with Crippen molar-refractivity contribution in [2.24, 2.45) is 5.73 Å². The second kappa shape index (κ2) is 10.2. The van der Waals surface area contributed by atoms with Crippen molar-refractivity contribution in [2.75, 3.05) is 7.05 Å². The number of benzene rings is 2. The molecule has 0 bridgehead atoms. The number of carbonyl (C=O) groups excluding carboxylic acids is 2. The van der Waals surface area contributed by atoms with Crippen LogP contribution in [-0.2, 0) is 44.8 Å². The SMILES string of the molecule is CNC(=O)c1ccc(-c2ccc(C(N)=O)c(C(=O)O)c2)cc1C(=O)O.[Ag].[Ag]. The summed E-state index contributed by atoms with van der Waals surface area (Å²) in [5.74, 6) is -4.08. The van der Waals surface area contributed by atoms with Crippen LogP contribution >= 0.6 is 0 Å². The summed E-state index contributed by atoms with van der Waals surface area (Å²) in [6.45, 7) is 0. The fourth-order valence-electron chi connectivity index (χ4n) is 2.35. The molecule has 27 heavy (non-hydrogen) atoms. The van der Waals surface area contributed by atoms with Gasteiger partial charge < -0.3 is 21.3 Å². The van der Waals surface area contributed by atoms with Crippen LogP contribution in [-0.4, -0.2) is 41.0 Å². The van der Waals surface area contributed by atoms with Crippen LogP contribution in [0.25, 0.3) is 11.1 Å². The zero-order valence-electron chi connectivity index (χ0n) is 13.7. The van der Waals surface area contributed by atoms with Crippen LogP contribution in [0.4, 0.5) is 0 Å². The summed E-state index contributed by atoms with van der Waals surface area (Å²) in [5, 5.41) is 20.9. The first-order chi connectivity index (χ1) is 11.8. The summed E-state index contributed by atoms with van der Waals surface area (Å²) >= 11 is 0. The van der Waals surface area contributed by atoms with Crippen LogP contribution < -0.4 is 11.1 Å². The summed E-state index contributed by atoms with van der Waals surface area (Å²) in [6, 6.07) is 8.02. The maximum atomic E-state index is 11.7. The molecule has 0 heterocycles. The van der Waals surface area contributed by atoms with Crippen molar-refractivity contribution in [2.45, 2.75) is 0 Å². The van der Waals surface area contributed by atoms with Crippen LogP contribution in [0.5, 0.6) is 0 Å². The standard InChI is InChI=1S/C17H14N2O6.2Ag/c1-19-15(21)11-5-3-9(7-13(11)17(24)25)8-2-4-10(14(18)20)12(6-8)16(22)23;;/h2-7H,1H3,(H2,18,20)(H,19,21)(H,22,23)(H,24,25);;. The summed E-state index contributed by atoms with van der Waals surface area (Å²) < 4.78 is 0. The summed E-state index contributed by atoms with van der Waals surface area (Å²) in [7, 11) is 1.38. The van der Waals surface area contributed by atoms with Gasteiger partial charge in [0, 0.05) is 51.8 Å². The van der Waals surface area contributed by atoms with Gasteiger partial charge in [-0.1, -0.05) is 12.1 Å². The van der Waals surface area contributed by atoms with Gasteiger partial charge in [0.05, 0.1) is 22.3 Å². The van der Waals surface area contributed by atoms with E-state index in [9.17, 15) is 29.4 Å². The van der Waals surface area contributed by atoms with E-state index in [4.69, 9.17) is 5.73 Å². The first-order valence-corrected chi connectivity index (χ1v) is 7.03. The largest absolute Gasteiger partial charge is 0.478 e. The molecular formula is C17H14Ag2N2O6. The molecule has 150 valence electrons. The molecule has 0 unspecified atom stereocenters. The van der Waals surface area contributed by atoms with Gasteiger partial charge in [-0.05, 0) is 35.4 Å². The van der Waals surface area contributed by atoms with Crippen LogP contribution in [0.2, 0.25) is 0 Å². The molecular weight excluding hydrogens is 544 g/mol. The third-order valence-electron chi connectivity index (χ3n) is 3.57. The van der Waals surface area contributed by atoms with Gasteiger partial charge in [0.2, 0.25) is 5.91 Å². The Labute approximate surface area is 185 Å². The van der Waals surface area contributed by atoms with Crippen molar-refractivity contribution < 1.29 is 74.2 Å². The van der Waals surface area contributed by atoms with Crippen LogP contribution in [0, 0.1) is 0 Å². The van der Waals surface area contributed by atoms with E-state index in [1.54, 1.807) is 0 Å². The zero-order valence-corrected chi connectivity index (χ0v) is 16.6. The quantitative estimate of drug-likeness (QED) is 0.406. The topological polar surface area (TPSA) is 147 Å². The molecule has 0 aromatic heterocycles. The van der Waals surface area contributed by atoms with Gasteiger partial charge in [-0.2, -0.15) is 0 Å². The first kappa shape index (κ1) is 24.8. The van der Waals surface area contributed by atoms with E-state index >= 15 is 0 Å². The van der Waals surface area contributed by atoms with E-state index < -0.39 is 23.8 Å². The number of carbonyl (C=O) groups is 4. The predicted molar refractivity (Wildman–Crippen MR) is 87.7 cm³/mol. The van der Waals surface area contributed by atoms with Gasteiger partial charge in [-0.3, -0.25) is 9.59 Å². The minimum absolute atomic E-state index is 0. The summed E-state index contributed by atoms with van der Waals surface area (Å²) in [6.07, 6.45) is 0. The summed E-state index contributed by atoms with van der Waals surface area (Å²) in [5.41, 5.74) is 5.19. The Morgan fingerprint density at radius 3 is 1.56 bits per heavy atom. The number of nitrogens with one attached hydrogen (secondary N) is 1. The van der Waals surface area contributed by atoms with Crippen LogP contribution in [0.15, 0.2) is 36.4 Å². The van der Waals surface area contributed by atoms with E-state index in [2.05, 4.69) is 5.32 Å². The predicted octanol–water partition coefficient (Wildman–Crippen LogP) is 1.20. The number of carboxylic acid groups (broad SMARTS) is 2. The molecule has 2 amide bonds. The smallest absolute Gasteiger partial charge is 0.336 e. The van der Waals surface area contributed by atoms with Crippen LogP contribution in [0.1, 0.15) is 41.4 Å². The van der Waals surface area contributed by atoms with Gasteiger partial charge in [0.1, 0.15) is 0 Å². The minimum Gasteiger partial charge on any atom is -0.478 e. The molecule has 0 spiro atoms. The third kappa shape index (κ3) is 5.39. The Morgan fingerprint density at radius 1 is 0.778 bits per heavy atom. The number of aromatic carboxylic acids is 2. The molecule has 0 aliphatic carbocycles. The molecule has 2 rings (SSSR count). The van der Waals surface area contributed by atoms with Crippen molar-refractivity contribution in [3.05, 3.63) is 58.7 Å². The van der Waals surface area contributed by atoms with Crippen molar-refractivity contribution in [3.63, 3.8) is 0 Å². The zero-order chi connectivity index (χ0) is 18.7. The van der Waals surface area contributed by atoms with Gasteiger partial charge in [-0.25, -0.2) is 9.59 Å². The van der Waals surface area contributed by atoms with E-state index in [0.717, 1.165) is 0 Å². The molecule has 0 fully saturated rings. The normalized spacial score (nSPS) is 9.37. The Morgan fingerprint density at radius 2 is 1.19 bits per heavy atom. The van der Waals surface area contributed by atoms with Crippen molar-refractivity contribution in [3.8, 4) is 11.1 Å². The molecule has 5 N–H and O–H groups in total. The number of hydrogen-bond donors (Lipinski definition) is 4. The van der Waals surface area contributed by atoms with E-state index in [-0.39, 0.29) is 67.0 Å². The number of amides is 2. The molecule has 2 radical (unpaired) electrons. The fraction of sp³-hybridized carbons (Fsp3) is 0.0588. The molecule has 2 aromatic carbocycles. The Kier molecular flexibility index (Phi) is 9.38. The monoisotopic (exact) mass is 556 g/mol. The average Bonchev–Trinajstić information content (AvgIpc) is 2.59. The fourth-order valence-corrected chi connectivity index (χ4v) is 2.35. The Hall–Kier alpha value is -2.20. The Balaban J connectivity index is 0.00000338. The molecule has 0 aliphatic heterocycles. The van der Waals surface area contributed by atoms with Gasteiger partial charge in [0.25, 0.3) is 5.91 Å². The molecule has 0 saturated carbocycles. The Bertz CT molecular complexity index is 914. The number of hydrogen-bond acceptors (Lipinski definition) is 4. The van der Waals surface area contributed by atoms with E-state index in [0.29, 0.717) is 11.1 Å². The number of rotatable bonds is 5.